The molecule has 0 aliphatic carbocycles. The second-order valence-corrected chi connectivity index (χ2v) is 9.19. The smallest absolute Gasteiger partial charge is 0.309 e. The molecule has 0 bridgehead atoms. The van der Waals surface area contributed by atoms with Crippen LogP contribution in [-0.2, 0) is 30.2 Å². The van der Waals surface area contributed by atoms with Crippen molar-refractivity contribution in [1.82, 2.24) is 10.6 Å². The van der Waals surface area contributed by atoms with Gasteiger partial charge in [-0.1, -0.05) is 37.8 Å². The Labute approximate surface area is 190 Å². The number of halogens is 2. The minimum Gasteiger partial charge on any atom is -0.481 e. The maximum absolute atomic E-state index is 11.7. The third kappa shape index (κ3) is 13.9. The molecule has 1 aromatic rings. The molecule has 0 amide bonds. The van der Waals surface area contributed by atoms with E-state index in [1.807, 2.05) is 30.3 Å². The van der Waals surface area contributed by atoms with Gasteiger partial charge in [0.1, 0.15) is 6.61 Å². The topological polar surface area (TPSA) is 105 Å². The Morgan fingerprint density at radius 1 is 0.967 bits per heavy atom. The Balaban J connectivity index is 0.000000510. The number of esters is 1. The van der Waals surface area contributed by atoms with Crippen molar-refractivity contribution < 1.29 is 23.6 Å². The van der Waals surface area contributed by atoms with Crippen LogP contribution in [0, 0.1) is 11.8 Å². The third-order valence-corrected chi connectivity index (χ3v) is 4.58. The van der Waals surface area contributed by atoms with Crippen LogP contribution in [0.15, 0.2) is 30.3 Å². The lowest BCUT2D eigenvalue weighted by molar-refractivity contribution is -0.150. The number of aliphatic carboxylic acids is 1. The van der Waals surface area contributed by atoms with E-state index in [1.165, 1.54) is 0 Å². The van der Waals surface area contributed by atoms with Crippen LogP contribution in [0.2, 0.25) is 0 Å². The van der Waals surface area contributed by atoms with Crippen LogP contribution in [0.3, 0.4) is 0 Å². The van der Waals surface area contributed by atoms with Crippen LogP contribution in [0.4, 0.5) is 0 Å². The van der Waals surface area contributed by atoms with Gasteiger partial charge in [0.05, 0.1) is 11.8 Å². The summed E-state index contributed by atoms with van der Waals surface area (Å²) in [7, 11) is 7.36. The molecule has 0 spiro atoms. The van der Waals surface area contributed by atoms with Gasteiger partial charge in [-0.3, -0.25) is 9.59 Å². The maximum atomic E-state index is 11.7. The number of rotatable bonds is 4. The van der Waals surface area contributed by atoms with Gasteiger partial charge in [-0.2, -0.15) is 0 Å². The zero-order valence-electron chi connectivity index (χ0n) is 16.1. The maximum Gasteiger partial charge on any atom is 0.309 e. The standard InChI is InChI=1S/C13H17NO2.C6H11NO2.CH4.Cl2OS/c15-13(12-6-8-14-9-7-12)16-10-11-4-2-1-3-5-11;8-6(9)5-1-3-7-4-2-5;;1-4(2)3/h1-5,12,14H,6-10H2;5,7H,1-4H2,(H,8,9);1H4;. The Bertz CT molecular complexity index is 621. The van der Waals surface area contributed by atoms with Crippen LogP contribution in [0.1, 0.15) is 38.7 Å². The van der Waals surface area contributed by atoms with Crippen molar-refractivity contribution in [1.29, 1.82) is 0 Å². The van der Waals surface area contributed by atoms with E-state index in [1.54, 1.807) is 0 Å². The molecule has 0 aromatic heterocycles. The molecule has 2 heterocycles. The number of carbonyl (C=O) groups is 2. The summed E-state index contributed by atoms with van der Waals surface area (Å²) in [5.41, 5.74) is 1.05. The van der Waals surface area contributed by atoms with Gasteiger partial charge in [-0.25, -0.2) is 4.21 Å². The Kier molecular flexibility index (Phi) is 16.8. The molecular formula is C20H32Cl2N2O5S. The van der Waals surface area contributed by atoms with Gasteiger partial charge in [0.15, 0.2) is 0 Å². The molecule has 0 unspecified atom stereocenters. The van der Waals surface area contributed by atoms with Crippen LogP contribution in [0.5, 0.6) is 0 Å². The lowest BCUT2D eigenvalue weighted by atomic mass is 9.98. The van der Waals surface area contributed by atoms with Crippen molar-refractivity contribution in [3.63, 3.8) is 0 Å². The van der Waals surface area contributed by atoms with E-state index < -0.39 is 15.2 Å². The molecule has 0 atom stereocenters. The van der Waals surface area contributed by atoms with E-state index in [0.29, 0.717) is 6.61 Å². The summed E-state index contributed by atoms with van der Waals surface area (Å²) in [6.45, 7) is 3.95. The molecule has 2 aliphatic rings. The first-order chi connectivity index (χ1) is 13.9. The monoisotopic (exact) mass is 482 g/mol. The van der Waals surface area contributed by atoms with E-state index in [0.717, 1.165) is 57.4 Å². The molecule has 0 radical (unpaired) electrons. The molecule has 2 fully saturated rings. The molecule has 2 saturated heterocycles. The Morgan fingerprint density at radius 2 is 1.40 bits per heavy atom. The molecular weight excluding hydrogens is 451 g/mol. The molecule has 7 nitrogen and oxygen atoms in total. The van der Waals surface area contributed by atoms with Crippen LogP contribution in [-0.4, -0.2) is 47.4 Å². The van der Waals surface area contributed by atoms with E-state index in [-0.39, 0.29) is 25.2 Å². The minimum atomic E-state index is -1.67. The fourth-order valence-electron chi connectivity index (χ4n) is 2.97. The summed E-state index contributed by atoms with van der Waals surface area (Å²) >= 11 is 0. The second-order valence-electron chi connectivity index (χ2n) is 6.66. The highest BCUT2D eigenvalue weighted by molar-refractivity contribution is 8.26. The van der Waals surface area contributed by atoms with Crippen LogP contribution < -0.4 is 10.6 Å². The molecule has 0 saturated carbocycles. The van der Waals surface area contributed by atoms with E-state index in [2.05, 4.69) is 32.0 Å². The number of benzene rings is 1. The van der Waals surface area contributed by atoms with Crippen molar-refractivity contribution in [2.24, 2.45) is 11.8 Å². The predicted octanol–water partition coefficient (Wildman–Crippen LogP) is 3.48. The molecule has 30 heavy (non-hydrogen) atoms. The predicted molar refractivity (Wildman–Crippen MR) is 122 cm³/mol. The highest BCUT2D eigenvalue weighted by Gasteiger charge is 2.22. The van der Waals surface area contributed by atoms with Gasteiger partial charge in [0.2, 0.25) is 9.23 Å². The SMILES string of the molecule is C.O=C(O)C1CCNCC1.O=C(OCc1ccccc1)C1CCNCC1.O=S(Cl)Cl. The summed E-state index contributed by atoms with van der Waals surface area (Å²) in [6, 6.07) is 9.80. The van der Waals surface area contributed by atoms with Crippen molar-refractivity contribution in [3.8, 4) is 0 Å². The largest absolute Gasteiger partial charge is 0.481 e. The molecule has 2 aliphatic heterocycles. The molecule has 3 rings (SSSR count). The van der Waals surface area contributed by atoms with Gasteiger partial charge >= 0.3 is 11.9 Å². The van der Waals surface area contributed by atoms with Crippen molar-refractivity contribution >= 4 is 42.5 Å². The molecule has 3 N–H and O–H groups in total. The van der Waals surface area contributed by atoms with Crippen LogP contribution >= 0.6 is 21.4 Å². The number of ether oxygens (including phenoxy) is 1. The minimum absolute atomic E-state index is 0. The summed E-state index contributed by atoms with van der Waals surface area (Å²) < 4.78 is 14.4. The fourth-order valence-corrected chi connectivity index (χ4v) is 2.97. The molecule has 172 valence electrons. The van der Waals surface area contributed by atoms with Crippen molar-refractivity contribution in [2.45, 2.75) is 39.7 Å². The Morgan fingerprint density at radius 3 is 1.80 bits per heavy atom. The third-order valence-electron chi connectivity index (χ3n) is 4.58. The van der Waals surface area contributed by atoms with E-state index in [9.17, 15) is 9.59 Å². The van der Waals surface area contributed by atoms with Crippen molar-refractivity contribution in [3.05, 3.63) is 35.9 Å². The zero-order chi connectivity index (χ0) is 21.5. The molecule has 10 heteroatoms. The normalized spacial score (nSPS) is 16.8. The highest BCUT2D eigenvalue weighted by atomic mass is 36.0. The fraction of sp³-hybridized carbons (Fsp3) is 0.600. The lowest BCUT2D eigenvalue weighted by Crippen LogP contribution is -2.32. The summed E-state index contributed by atoms with van der Waals surface area (Å²) in [5, 5.41) is 14.9. The molecule has 1 aromatic carbocycles. The lowest BCUT2D eigenvalue weighted by Gasteiger charge is -2.20. The zero-order valence-corrected chi connectivity index (χ0v) is 18.5. The quantitative estimate of drug-likeness (QED) is 0.445. The van der Waals surface area contributed by atoms with E-state index >= 15 is 0 Å². The van der Waals surface area contributed by atoms with E-state index in [4.69, 9.17) is 14.1 Å². The number of carboxylic acid groups (broad SMARTS) is 1. The van der Waals surface area contributed by atoms with Gasteiger partial charge in [0, 0.05) is 21.4 Å². The van der Waals surface area contributed by atoms with Gasteiger partial charge in [-0.05, 0) is 57.4 Å². The first-order valence-corrected chi connectivity index (χ1v) is 12.3. The number of nitrogens with one attached hydrogen (secondary N) is 2. The number of hydrogen-bond donors (Lipinski definition) is 3. The second kappa shape index (κ2) is 17.5. The number of carboxylic acids is 1. The average molecular weight is 483 g/mol. The van der Waals surface area contributed by atoms with Gasteiger partial charge in [0.25, 0.3) is 0 Å². The first kappa shape index (κ1) is 28.8. The number of carbonyl (C=O) groups excluding carboxylic acids is 1. The highest BCUT2D eigenvalue weighted by Crippen LogP contribution is 2.14. The Hall–Kier alpha value is -1.19. The van der Waals surface area contributed by atoms with Crippen LogP contribution in [0.25, 0.3) is 0 Å². The number of piperidine rings is 2. The number of hydrogen-bond acceptors (Lipinski definition) is 6. The van der Waals surface area contributed by atoms with Crippen molar-refractivity contribution in [2.75, 3.05) is 26.2 Å². The van der Waals surface area contributed by atoms with Gasteiger partial charge in [-0.15, -0.1) is 0 Å². The summed E-state index contributed by atoms with van der Waals surface area (Å²) in [5.74, 6) is -0.696. The summed E-state index contributed by atoms with van der Waals surface area (Å²) in [6.07, 6.45) is 3.37. The van der Waals surface area contributed by atoms with Gasteiger partial charge < -0.3 is 20.5 Å². The summed E-state index contributed by atoms with van der Waals surface area (Å²) in [4.78, 5) is 22.0. The first-order valence-electron chi connectivity index (χ1n) is 9.49. The average Bonchev–Trinajstić information content (AvgIpc) is 2.74.